The quantitative estimate of drug-likeness (QED) is 0.174. The van der Waals surface area contributed by atoms with E-state index in [0.717, 1.165) is 44.2 Å². The summed E-state index contributed by atoms with van der Waals surface area (Å²) >= 11 is 3.07. The van der Waals surface area contributed by atoms with E-state index in [0.29, 0.717) is 5.69 Å². The van der Waals surface area contributed by atoms with Crippen LogP contribution in [0.4, 0.5) is 33.0 Å². The standard InChI is InChI=1S/C11H11N3O2S.C11H13N3S/c1-7-3-4-9(14(15)16)5-10(7)13-11-12-8(2)6-17-11;1-7-3-4-9(12)5-10(7)14-11-13-8(2)6-15-11/h3-6H,1-2H3,(H,12,13);3-6H,12H2,1-2H3,(H,13,14). The van der Waals surface area contributed by atoms with Crippen LogP contribution in [0.5, 0.6) is 0 Å². The second-order valence-electron chi connectivity index (χ2n) is 7.17. The number of nitro groups is 1. The molecule has 0 spiro atoms. The van der Waals surface area contributed by atoms with E-state index in [1.165, 1.54) is 23.5 Å². The first kappa shape index (κ1) is 23.2. The molecule has 0 saturated heterocycles. The Hall–Kier alpha value is -3.50. The Morgan fingerprint density at radius 2 is 1.34 bits per heavy atom. The van der Waals surface area contributed by atoms with E-state index in [-0.39, 0.29) is 5.69 Å². The van der Waals surface area contributed by atoms with Gasteiger partial charge in [-0.15, -0.1) is 22.7 Å². The molecule has 0 unspecified atom stereocenters. The molecule has 4 rings (SSSR count). The Bertz CT molecular complexity index is 1230. The van der Waals surface area contributed by atoms with Gasteiger partial charge in [-0.25, -0.2) is 9.97 Å². The summed E-state index contributed by atoms with van der Waals surface area (Å²) in [7, 11) is 0. The number of nitrogens with one attached hydrogen (secondary N) is 2. The molecule has 0 fully saturated rings. The van der Waals surface area contributed by atoms with Crippen LogP contribution in [0.3, 0.4) is 0 Å². The number of nitro benzene ring substituents is 1. The van der Waals surface area contributed by atoms with Crippen molar-refractivity contribution in [2.45, 2.75) is 27.7 Å². The molecular formula is C22H24N6O2S2. The van der Waals surface area contributed by atoms with Crippen molar-refractivity contribution in [2.24, 2.45) is 0 Å². The predicted octanol–water partition coefficient (Wildman–Crippen LogP) is 6.50. The van der Waals surface area contributed by atoms with Gasteiger partial charge in [-0.05, 0) is 51.0 Å². The van der Waals surface area contributed by atoms with Crippen molar-refractivity contribution >= 4 is 55.7 Å². The Labute approximate surface area is 194 Å². The third-order valence-corrected chi connectivity index (χ3v) is 6.17. The van der Waals surface area contributed by atoms with Crippen molar-refractivity contribution in [3.8, 4) is 0 Å². The Kier molecular flexibility index (Phi) is 7.39. The number of non-ortho nitro benzene ring substituents is 1. The smallest absolute Gasteiger partial charge is 0.271 e. The summed E-state index contributed by atoms with van der Waals surface area (Å²) in [6.45, 7) is 7.82. The van der Waals surface area contributed by atoms with Gasteiger partial charge < -0.3 is 16.4 Å². The van der Waals surface area contributed by atoms with Crippen molar-refractivity contribution in [3.63, 3.8) is 0 Å². The Morgan fingerprint density at radius 1 is 0.844 bits per heavy atom. The highest BCUT2D eigenvalue weighted by Crippen LogP contribution is 2.27. The van der Waals surface area contributed by atoms with E-state index >= 15 is 0 Å². The van der Waals surface area contributed by atoms with Crippen molar-refractivity contribution in [3.05, 3.63) is 79.8 Å². The van der Waals surface area contributed by atoms with Gasteiger partial charge in [0.05, 0.1) is 22.0 Å². The molecule has 0 radical (unpaired) electrons. The summed E-state index contributed by atoms with van der Waals surface area (Å²) in [6.07, 6.45) is 0. The summed E-state index contributed by atoms with van der Waals surface area (Å²) in [6, 6.07) is 10.6. The SMILES string of the molecule is Cc1csc(Nc2cc(N)ccc2C)n1.Cc1csc(Nc2cc([N+](=O)[O-])ccc2C)n1. The molecule has 8 nitrogen and oxygen atoms in total. The number of nitrogens with zero attached hydrogens (tertiary/aromatic N) is 3. The number of hydrogen-bond donors (Lipinski definition) is 3. The van der Waals surface area contributed by atoms with E-state index in [1.54, 1.807) is 17.4 Å². The fourth-order valence-electron chi connectivity index (χ4n) is 2.69. The van der Waals surface area contributed by atoms with Gasteiger partial charge in [0, 0.05) is 34.3 Å². The van der Waals surface area contributed by atoms with E-state index in [1.807, 2.05) is 56.7 Å². The topological polar surface area (TPSA) is 119 Å². The largest absolute Gasteiger partial charge is 0.399 e. The number of rotatable bonds is 5. The number of aromatic nitrogens is 2. The summed E-state index contributed by atoms with van der Waals surface area (Å²) in [5, 5.41) is 22.6. The van der Waals surface area contributed by atoms with Crippen LogP contribution < -0.4 is 16.4 Å². The molecule has 0 aliphatic heterocycles. The van der Waals surface area contributed by atoms with Crippen LogP contribution in [-0.4, -0.2) is 14.9 Å². The normalized spacial score (nSPS) is 10.2. The molecule has 0 atom stereocenters. The van der Waals surface area contributed by atoms with Crippen LogP contribution in [0, 0.1) is 37.8 Å². The Balaban J connectivity index is 0.000000182. The minimum Gasteiger partial charge on any atom is -0.399 e. The summed E-state index contributed by atoms with van der Waals surface area (Å²) in [4.78, 5) is 18.9. The lowest BCUT2D eigenvalue weighted by Crippen LogP contribution is -1.95. The molecule has 0 amide bonds. The Morgan fingerprint density at radius 3 is 1.81 bits per heavy atom. The summed E-state index contributed by atoms with van der Waals surface area (Å²) in [5.41, 5.74) is 12.4. The predicted molar refractivity (Wildman–Crippen MR) is 134 cm³/mol. The second kappa shape index (κ2) is 10.2. The van der Waals surface area contributed by atoms with E-state index in [9.17, 15) is 10.1 Å². The molecule has 166 valence electrons. The molecule has 0 saturated carbocycles. The number of nitrogens with two attached hydrogens (primary N) is 1. The second-order valence-corrected chi connectivity index (χ2v) is 8.88. The van der Waals surface area contributed by atoms with Crippen molar-refractivity contribution < 1.29 is 4.92 Å². The highest BCUT2D eigenvalue weighted by molar-refractivity contribution is 7.14. The number of thiazole rings is 2. The highest BCUT2D eigenvalue weighted by Gasteiger charge is 2.09. The van der Waals surface area contributed by atoms with Crippen LogP contribution in [-0.2, 0) is 0 Å². The number of anilines is 5. The van der Waals surface area contributed by atoms with Crippen molar-refractivity contribution in [1.82, 2.24) is 9.97 Å². The molecule has 2 heterocycles. The van der Waals surface area contributed by atoms with Gasteiger partial charge in [-0.2, -0.15) is 0 Å². The zero-order chi connectivity index (χ0) is 23.3. The first-order valence-electron chi connectivity index (χ1n) is 9.70. The summed E-state index contributed by atoms with van der Waals surface area (Å²) in [5.74, 6) is 0. The van der Waals surface area contributed by atoms with Crippen LogP contribution in [0.25, 0.3) is 0 Å². The lowest BCUT2D eigenvalue weighted by Gasteiger charge is -2.07. The van der Waals surface area contributed by atoms with Gasteiger partial charge in [0.25, 0.3) is 5.69 Å². The van der Waals surface area contributed by atoms with Crippen molar-refractivity contribution in [1.29, 1.82) is 0 Å². The zero-order valence-corrected chi connectivity index (χ0v) is 19.8. The molecule has 10 heteroatoms. The fraction of sp³-hybridized carbons (Fsp3) is 0.182. The third-order valence-electron chi connectivity index (χ3n) is 4.41. The maximum atomic E-state index is 10.7. The van der Waals surface area contributed by atoms with Gasteiger partial charge in [-0.1, -0.05) is 12.1 Å². The van der Waals surface area contributed by atoms with Gasteiger partial charge in [0.1, 0.15) is 0 Å². The van der Waals surface area contributed by atoms with Gasteiger partial charge in [0.2, 0.25) is 0 Å². The van der Waals surface area contributed by atoms with Gasteiger partial charge in [0.15, 0.2) is 10.3 Å². The molecule has 4 aromatic rings. The number of hydrogen-bond acceptors (Lipinski definition) is 9. The first-order valence-corrected chi connectivity index (χ1v) is 11.5. The molecule has 0 bridgehead atoms. The number of benzene rings is 2. The monoisotopic (exact) mass is 468 g/mol. The van der Waals surface area contributed by atoms with Gasteiger partial charge >= 0.3 is 0 Å². The minimum absolute atomic E-state index is 0.0754. The zero-order valence-electron chi connectivity index (χ0n) is 18.2. The number of nitrogen functional groups attached to an aromatic ring is 1. The van der Waals surface area contributed by atoms with E-state index in [4.69, 9.17) is 5.73 Å². The molecule has 0 aliphatic carbocycles. The number of aryl methyl sites for hydroxylation is 4. The van der Waals surface area contributed by atoms with E-state index in [2.05, 4.69) is 20.6 Å². The molecule has 0 aliphatic rings. The van der Waals surface area contributed by atoms with Crippen LogP contribution in [0.1, 0.15) is 22.5 Å². The van der Waals surface area contributed by atoms with Crippen LogP contribution in [0.15, 0.2) is 47.2 Å². The molecule has 4 N–H and O–H groups in total. The molecule has 2 aromatic heterocycles. The van der Waals surface area contributed by atoms with Crippen LogP contribution in [0.2, 0.25) is 0 Å². The average molecular weight is 469 g/mol. The lowest BCUT2D eigenvalue weighted by atomic mass is 10.2. The van der Waals surface area contributed by atoms with Crippen LogP contribution >= 0.6 is 22.7 Å². The maximum absolute atomic E-state index is 10.7. The van der Waals surface area contributed by atoms with Crippen molar-refractivity contribution in [2.75, 3.05) is 16.4 Å². The minimum atomic E-state index is -0.405. The lowest BCUT2D eigenvalue weighted by molar-refractivity contribution is -0.384. The first-order chi connectivity index (χ1) is 15.2. The molecule has 2 aromatic carbocycles. The fourth-order valence-corrected chi connectivity index (χ4v) is 4.09. The molecule has 32 heavy (non-hydrogen) atoms. The van der Waals surface area contributed by atoms with E-state index < -0.39 is 4.92 Å². The maximum Gasteiger partial charge on any atom is 0.271 e. The third kappa shape index (κ3) is 6.25. The highest BCUT2D eigenvalue weighted by atomic mass is 32.1. The molecular weight excluding hydrogens is 444 g/mol. The summed E-state index contributed by atoms with van der Waals surface area (Å²) < 4.78 is 0. The average Bonchev–Trinajstić information content (AvgIpc) is 3.34. The van der Waals surface area contributed by atoms with Gasteiger partial charge in [-0.3, -0.25) is 10.1 Å².